The van der Waals surface area contributed by atoms with E-state index in [2.05, 4.69) is 60.9 Å². The molecule has 136 valence electrons. The van der Waals surface area contributed by atoms with E-state index in [1.807, 2.05) is 0 Å². The van der Waals surface area contributed by atoms with Gasteiger partial charge >= 0.3 is 0 Å². The molecular weight excluding hydrogens is 316 g/mol. The zero-order chi connectivity index (χ0) is 18.0. The number of anilines is 1. The molecule has 2 heteroatoms. The van der Waals surface area contributed by atoms with Crippen molar-refractivity contribution in [2.24, 2.45) is 10.4 Å². The van der Waals surface area contributed by atoms with Gasteiger partial charge in [0.25, 0.3) is 0 Å². The van der Waals surface area contributed by atoms with Crippen molar-refractivity contribution in [3.63, 3.8) is 0 Å². The van der Waals surface area contributed by atoms with E-state index in [1.54, 1.807) is 5.57 Å². The summed E-state index contributed by atoms with van der Waals surface area (Å²) >= 11 is 0. The second kappa shape index (κ2) is 7.31. The van der Waals surface area contributed by atoms with Gasteiger partial charge in [-0.05, 0) is 73.6 Å². The predicted octanol–water partition coefficient (Wildman–Crippen LogP) is 5.38. The third-order valence-corrected chi connectivity index (χ3v) is 5.99. The summed E-state index contributed by atoms with van der Waals surface area (Å²) in [5.74, 6) is 6.73. The predicted molar refractivity (Wildman–Crippen MR) is 111 cm³/mol. The molecule has 0 aromatic heterocycles. The Balaban J connectivity index is 1.46. The van der Waals surface area contributed by atoms with E-state index in [-0.39, 0.29) is 0 Å². The second-order valence-corrected chi connectivity index (χ2v) is 8.80. The quantitative estimate of drug-likeness (QED) is 0.492. The van der Waals surface area contributed by atoms with Crippen LogP contribution in [0.3, 0.4) is 0 Å². The van der Waals surface area contributed by atoms with E-state index in [0.29, 0.717) is 11.5 Å². The maximum Gasteiger partial charge on any atom is 0.0892 e. The van der Waals surface area contributed by atoms with Gasteiger partial charge in [-0.25, -0.2) is 0 Å². The maximum absolute atomic E-state index is 4.96. The first-order chi connectivity index (χ1) is 12.6. The van der Waals surface area contributed by atoms with Crippen LogP contribution >= 0.6 is 0 Å². The summed E-state index contributed by atoms with van der Waals surface area (Å²) in [6.45, 7) is 7.10. The second-order valence-electron chi connectivity index (χ2n) is 8.80. The lowest BCUT2D eigenvalue weighted by molar-refractivity contribution is 0.274. The Hall–Kier alpha value is -2.01. The summed E-state index contributed by atoms with van der Waals surface area (Å²) in [6, 6.07) is 9.10. The summed E-state index contributed by atoms with van der Waals surface area (Å²) in [7, 11) is 0. The first kappa shape index (κ1) is 17.4. The van der Waals surface area contributed by atoms with E-state index in [4.69, 9.17) is 4.99 Å². The molecule has 4 rings (SSSR count). The van der Waals surface area contributed by atoms with Crippen molar-refractivity contribution in [2.45, 2.75) is 64.8 Å². The van der Waals surface area contributed by atoms with Crippen LogP contribution in [-0.2, 0) is 0 Å². The Bertz CT molecular complexity index is 782. The molecule has 2 nitrogen and oxygen atoms in total. The topological polar surface area (TPSA) is 15.6 Å². The van der Waals surface area contributed by atoms with Crippen LogP contribution in [0.5, 0.6) is 0 Å². The number of aliphatic imine (C=N–C) groups is 1. The van der Waals surface area contributed by atoms with E-state index in [1.165, 1.54) is 57.3 Å². The van der Waals surface area contributed by atoms with Crippen molar-refractivity contribution < 1.29 is 0 Å². The van der Waals surface area contributed by atoms with Gasteiger partial charge in [-0.15, -0.1) is 0 Å². The molecule has 0 spiro atoms. The number of hydrogen-bond donors (Lipinski definition) is 0. The molecule has 1 aromatic rings. The van der Waals surface area contributed by atoms with Crippen LogP contribution in [0, 0.1) is 17.3 Å². The van der Waals surface area contributed by atoms with Gasteiger partial charge in [0.2, 0.25) is 0 Å². The summed E-state index contributed by atoms with van der Waals surface area (Å²) in [4.78, 5) is 7.45. The third kappa shape index (κ3) is 4.04. The minimum Gasteiger partial charge on any atom is -0.372 e. The maximum atomic E-state index is 4.96. The van der Waals surface area contributed by atoms with Crippen LogP contribution in [-0.4, -0.2) is 24.8 Å². The van der Waals surface area contributed by atoms with Crippen LogP contribution < -0.4 is 4.90 Å². The molecule has 0 radical (unpaired) electrons. The zero-order valence-electron chi connectivity index (χ0n) is 16.2. The molecule has 26 heavy (non-hydrogen) atoms. The first-order valence-electron chi connectivity index (χ1n) is 10.2. The summed E-state index contributed by atoms with van der Waals surface area (Å²) < 4.78 is 0. The molecule has 0 N–H and O–H groups in total. The van der Waals surface area contributed by atoms with E-state index < -0.39 is 0 Å². The number of piperidine rings is 1. The number of allylic oxidation sites excluding steroid dienone is 1. The Morgan fingerprint density at radius 1 is 1.12 bits per heavy atom. The van der Waals surface area contributed by atoms with Crippen LogP contribution in [0.4, 0.5) is 5.69 Å². The van der Waals surface area contributed by atoms with Gasteiger partial charge in [0.05, 0.1) is 11.8 Å². The highest BCUT2D eigenvalue weighted by atomic mass is 15.1. The number of fused-ring (bicyclic) bond motifs is 1. The van der Waals surface area contributed by atoms with Gasteiger partial charge in [-0.1, -0.05) is 31.9 Å². The Kier molecular flexibility index (Phi) is 4.90. The zero-order valence-corrected chi connectivity index (χ0v) is 16.2. The Morgan fingerprint density at radius 3 is 2.81 bits per heavy atom. The molecule has 3 aliphatic rings. The Labute approximate surface area is 158 Å². The normalized spacial score (nSPS) is 24.7. The highest BCUT2D eigenvalue weighted by molar-refractivity contribution is 6.02. The summed E-state index contributed by atoms with van der Waals surface area (Å²) in [6.07, 6.45) is 10.9. The highest BCUT2D eigenvalue weighted by Gasteiger charge is 2.31. The number of hydrogen-bond acceptors (Lipinski definition) is 2. The fourth-order valence-corrected chi connectivity index (χ4v) is 4.46. The van der Waals surface area contributed by atoms with Crippen LogP contribution in [0.2, 0.25) is 0 Å². The summed E-state index contributed by atoms with van der Waals surface area (Å²) in [5, 5.41) is 0. The average molecular weight is 347 g/mol. The molecule has 0 bridgehead atoms. The number of rotatable bonds is 1. The number of nitrogens with zero attached hydrogens (tertiary/aromatic N) is 2. The first-order valence-corrected chi connectivity index (χ1v) is 10.2. The highest BCUT2D eigenvalue weighted by Crippen LogP contribution is 2.40. The van der Waals surface area contributed by atoms with Crippen molar-refractivity contribution >= 4 is 11.4 Å². The molecule has 1 aromatic carbocycles. The van der Waals surface area contributed by atoms with Crippen molar-refractivity contribution in [1.82, 2.24) is 0 Å². The largest absolute Gasteiger partial charge is 0.372 e. The molecule has 0 amide bonds. The average Bonchev–Trinajstić information content (AvgIpc) is 2.67. The van der Waals surface area contributed by atoms with Crippen LogP contribution in [0.25, 0.3) is 0 Å². The van der Waals surface area contributed by atoms with Gasteiger partial charge in [0.15, 0.2) is 0 Å². The molecule has 1 atom stereocenters. The summed E-state index contributed by atoms with van der Waals surface area (Å²) in [5.41, 5.74) is 5.46. The minimum atomic E-state index is 0.390. The fraction of sp³-hybridized carbons (Fsp3) is 0.542. The molecule has 2 heterocycles. The molecular formula is C24H30N2. The van der Waals surface area contributed by atoms with Gasteiger partial charge in [0, 0.05) is 30.8 Å². The third-order valence-electron chi connectivity index (χ3n) is 5.99. The van der Waals surface area contributed by atoms with Gasteiger partial charge in [-0.2, -0.15) is 0 Å². The van der Waals surface area contributed by atoms with Crippen molar-refractivity contribution in [3.05, 3.63) is 41.5 Å². The standard InChI is InChI=1S/C24H30N2/c1-24(2)14-13-23-20(18-24)10-12-21(25-23)11-9-19-7-6-8-22(17-19)26-15-4-3-5-16-26/h6-8,10,17,23H,3-5,12-16,18H2,1-2H3. The smallest absolute Gasteiger partial charge is 0.0892 e. The molecule has 1 saturated carbocycles. The number of benzene rings is 1. The molecule has 2 fully saturated rings. The lowest BCUT2D eigenvalue weighted by Crippen LogP contribution is -2.29. The van der Waals surface area contributed by atoms with Gasteiger partial charge < -0.3 is 4.90 Å². The number of dihydropyridines is 1. The van der Waals surface area contributed by atoms with Crippen molar-refractivity contribution in [2.75, 3.05) is 18.0 Å². The molecule has 1 aliphatic carbocycles. The van der Waals surface area contributed by atoms with Crippen molar-refractivity contribution in [1.29, 1.82) is 0 Å². The lowest BCUT2D eigenvalue weighted by atomic mass is 9.72. The molecule has 2 aliphatic heterocycles. The van der Waals surface area contributed by atoms with E-state index >= 15 is 0 Å². The SMILES string of the molecule is CC1(C)CCC2N=C(C#Cc3cccc(N4CCCCC4)c3)CC=C2C1. The van der Waals surface area contributed by atoms with E-state index in [9.17, 15) is 0 Å². The molecule has 1 unspecified atom stereocenters. The van der Waals surface area contributed by atoms with Crippen LogP contribution in [0.15, 0.2) is 40.9 Å². The molecule has 1 saturated heterocycles. The van der Waals surface area contributed by atoms with Gasteiger partial charge in [-0.3, -0.25) is 4.99 Å². The van der Waals surface area contributed by atoms with E-state index in [0.717, 1.165) is 17.7 Å². The van der Waals surface area contributed by atoms with Crippen molar-refractivity contribution in [3.8, 4) is 11.8 Å². The monoisotopic (exact) mass is 346 g/mol. The minimum absolute atomic E-state index is 0.390. The fourth-order valence-electron chi connectivity index (χ4n) is 4.46. The van der Waals surface area contributed by atoms with Gasteiger partial charge in [0.1, 0.15) is 0 Å². The Morgan fingerprint density at radius 2 is 1.96 bits per heavy atom. The van der Waals surface area contributed by atoms with Crippen LogP contribution in [0.1, 0.15) is 64.4 Å². The lowest BCUT2D eigenvalue weighted by Gasteiger charge is -2.36.